The number of carbonyl (C=O) groups is 1. The quantitative estimate of drug-likeness (QED) is 0.412. The highest BCUT2D eigenvalue weighted by atomic mass is 16.1. The van der Waals surface area contributed by atoms with Crippen molar-refractivity contribution in [2.75, 3.05) is 12.0 Å². The lowest BCUT2D eigenvalue weighted by Gasteiger charge is -2.11. The van der Waals surface area contributed by atoms with Crippen molar-refractivity contribution < 1.29 is 4.79 Å². The molecule has 0 heterocycles. The van der Waals surface area contributed by atoms with Crippen LogP contribution in [0.1, 0.15) is 42.6 Å². The highest BCUT2D eigenvalue weighted by Crippen LogP contribution is 2.16. The summed E-state index contributed by atoms with van der Waals surface area (Å²) in [5, 5.41) is 2.92. The Morgan fingerprint density at radius 2 is 2.11 bits per heavy atom. The van der Waals surface area contributed by atoms with E-state index in [4.69, 9.17) is 5.84 Å². The van der Waals surface area contributed by atoms with E-state index < -0.39 is 0 Å². The fourth-order valence-corrected chi connectivity index (χ4v) is 1.78. The van der Waals surface area contributed by atoms with Gasteiger partial charge in [0.25, 0.3) is 5.91 Å². The third-order valence-electron chi connectivity index (χ3n) is 2.82. The minimum absolute atomic E-state index is 0.0737. The Morgan fingerprint density at radius 3 is 2.72 bits per heavy atom. The summed E-state index contributed by atoms with van der Waals surface area (Å²) < 4.78 is 0. The molecule has 0 aliphatic rings. The molecule has 1 aromatic rings. The number of nitrogens with two attached hydrogens (primary N) is 1. The fourth-order valence-electron chi connectivity index (χ4n) is 1.78. The van der Waals surface area contributed by atoms with Gasteiger partial charge >= 0.3 is 0 Å². The number of nitrogen functional groups attached to an aromatic ring is 1. The molecular weight excluding hydrogens is 226 g/mol. The van der Waals surface area contributed by atoms with Crippen LogP contribution in [0.25, 0.3) is 0 Å². The van der Waals surface area contributed by atoms with Gasteiger partial charge in [0.15, 0.2) is 0 Å². The number of aryl methyl sites for hydroxylation is 1. The molecule has 0 spiro atoms. The number of rotatable bonds is 6. The normalized spacial score (nSPS) is 10.5. The second kappa shape index (κ2) is 7.01. The largest absolute Gasteiger partial charge is 0.352 e. The highest BCUT2D eigenvalue weighted by molar-refractivity contribution is 5.99. The molecule has 18 heavy (non-hydrogen) atoms. The Kier molecular flexibility index (Phi) is 5.65. The summed E-state index contributed by atoms with van der Waals surface area (Å²) in [6, 6.07) is 5.58. The van der Waals surface area contributed by atoms with Crippen molar-refractivity contribution in [3.8, 4) is 0 Å². The monoisotopic (exact) mass is 249 g/mol. The average Bonchev–Trinajstić information content (AvgIpc) is 2.34. The van der Waals surface area contributed by atoms with Crippen molar-refractivity contribution in [2.45, 2.75) is 33.6 Å². The first-order valence-corrected chi connectivity index (χ1v) is 6.40. The minimum Gasteiger partial charge on any atom is -0.352 e. The number of nitrogens with one attached hydrogen (secondary N) is 2. The Labute approximate surface area is 109 Å². The third kappa shape index (κ3) is 4.37. The van der Waals surface area contributed by atoms with E-state index in [0.29, 0.717) is 23.7 Å². The molecule has 4 nitrogen and oxygen atoms in total. The van der Waals surface area contributed by atoms with Gasteiger partial charge in [0.1, 0.15) is 0 Å². The van der Waals surface area contributed by atoms with E-state index in [9.17, 15) is 4.79 Å². The first-order valence-electron chi connectivity index (χ1n) is 6.40. The molecule has 0 aliphatic heterocycles. The predicted molar refractivity (Wildman–Crippen MR) is 75.4 cm³/mol. The standard InChI is InChI=1S/C14H23N3O/c1-10(2)5-4-8-16-14(18)12-9-11(3)6-7-13(12)17-15/h6-7,9-10,17H,4-5,8,15H2,1-3H3,(H,16,18). The summed E-state index contributed by atoms with van der Waals surface area (Å²) >= 11 is 0. The Morgan fingerprint density at radius 1 is 1.39 bits per heavy atom. The van der Waals surface area contributed by atoms with Crippen LogP contribution >= 0.6 is 0 Å². The van der Waals surface area contributed by atoms with Crippen molar-refractivity contribution in [2.24, 2.45) is 11.8 Å². The molecule has 100 valence electrons. The minimum atomic E-state index is -0.0737. The van der Waals surface area contributed by atoms with E-state index in [-0.39, 0.29) is 5.91 Å². The second-order valence-electron chi connectivity index (χ2n) is 4.99. The Hall–Kier alpha value is -1.55. The fraction of sp³-hybridized carbons (Fsp3) is 0.500. The van der Waals surface area contributed by atoms with Crippen LogP contribution < -0.4 is 16.6 Å². The van der Waals surface area contributed by atoms with Crippen LogP contribution in [0.4, 0.5) is 5.69 Å². The van der Waals surface area contributed by atoms with E-state index in [1.807, 2.05) is 25.1 Å². The second-order valence-corrected chi connectivity index (χ2v) is 4.99. The van der Waals surface area contributed by atoms with E-state index in [2.05, 4.69) is 24.6 Å². The van der Waals surface area contributed by atoms with Crippen molar-refractivity contribution in [3.05, 3.63) is 29.3 Å². The summed E-state index contributed by atoms with van der Waals surface area (Å²) in [5.41, 5.74) is 4.85. The van der Waals surface area contributed by atoms with Crippen LogP contribution in [-0.2, 0) is 0 Å². The summed E-state index contributed by atoms with van der Waals surface area (Å²) in [6.07, 6.45) is 2.12. The molecule has 0 saturated heterocycles. The molecule has 0 bridgehead atoms. The molecule has 1 amide bonds. The van der Waals surface area contributed by atoms with Crippen LogP contribution in [0.5, 0.6) is 0 Å². The molecule has 1 aromatic carbocycles. The summed E-state index contributed by atoms with van der Waals surface area (Å²) in [7, 11) is 0. The van der Waals surface area contributed by atoms with Gasteiger partial charge in [0, 0.05) is 6.54 Å². The maximum absolute atomic E-state index is 12.0. The van der Waals surface area contributed by atoms with E-state index in [1.54, 1.807) is 0 Å². The van der Waals surface area contributed by atoms with Gasteiger partial charge in [0.05, 0.1) is 11.3 Å². The van der Waals surface area contributed by atoms with Gasteiger partial charge in [-0.1, -0.05) is 25.5 Å². The topological polar surface area (TPSA) is 67.1 Å². The van der Waals surface area contributed by atoms with Gasteiger partial charge in [-0.3, -0.25) is 10.6 Å². The zero-order valence-corrected chi connectivity index (χ0v) is 11.4. The number of hydrogen-bond acceptors (Lipinski definition) is 3. The summed E-state index contributed by atoms with van der Waals surface area (Å²) in [6.45, 7) is 7.02. The maximum atomic E-state index is 12.0. The van der Waals surface area contributed by atoms with Crippen LogP contribution in [0, 0.1) is 12.8 Å². The van der Waals surface area contributed by atoms with Crippen molar-refractivity contribution >= 4 is 11.6 Å². The zero-order valence-electron chi connectivity index (χ0n) is 11.4. The number of benzene rings is 1. The van der Waals surface area contributed by atoms with Crippen LogP contribution in [0.3, 0.4) is 0 Å². The highest BCUT2D eigenvalue weighted by Gasteiger charge is 2.10. The third-order valence-corrected chi connectivity index (χ3v) is 2.82. The predicted octanol–water partition coefficient (Wildman–Crippen LogP) is 2.45. The van der Waals surface area contributed by atoms with E-state index in [1.165, 1.54) is 0 Å². The first-order chi connectivity index (χ1) is 8.54. The molecule has 0 saturated carbocycles. The maximum Gasteiger partial charge on any atom is 0.253 e. The number of hydrogen-bond donors (Lipinski definition) is 3. The molecule has 0 atom stereocenters. The molecule has 0 fully saturated rings. The summed E-state index contributed by atoms with van der Waals surface area (Å²) in [4.78, 5) is 12.0. The molecule has 1 rings (SSSR count). The number of hydrazine groups is 1. The van der Waals surface area contributed by atoms with Crippen LogP contribution in [0.2, 0.25) is 0 Å². The molecule has 4 N–H and O–H groups in total. The van der Waals surface area contributed by atoms with Crippen molar-refractivity contribution in [3.63, 3.8) is 0 Å². The van der Waals surface area contributed by atoms with Gasteiger partial charge < -0.3 is 10.7 Å². The molecule has 0 unspecified atom stereocenters. The smallest absolute Gasteiger partial charge is 0.253 e. The van der Waals surface area contributed by atoms with Crippen LogP contribution in [-0.4, -0.2) is 12.5 Å². The molecule has 0 radical (unpaired) electrons. The van der Waals surface area contributed by atoms with E-state index >= 15 is 0 Å². The zero-order chi connectivity index (χ0) is 13.5. The van der Waals surface area contributed by atoms with Gasteiger partial charge in [-0.15, -0.1) is 0 Å². The summed E-state index contributed by atoms with van der Waals surface area (Å²) in [5.74, 6) is 6.00. The molecule has 0 aromatic heterocycles. The average molecular weight is 249 g/mol. The lowest BCUT2D eigenvalue weighted by atomic mass is 10.1. The van der Waals surface area contributed by atoms with Gasteiger partial charge in [0.2, 0.25) is 0 Å². The van der Waals surface area contributed by atoms with Gasteiger partial charge in [-0.05, 0) is 37.8 Å². The van der Waals surface area contributed by atoms with Crippen molar-refractivity contribution in [1.82, 2.24) is 5.32 Å². The number of amides is 1. The van der Waals surface area contributed by atoms with Crippen molar-refractivity contribution in [1.29, 1.82) is 0 Å². The molecular formula is C14H23N3O. The Bertz CT molecular complexity index is 402. The Balaban J connectivity index is 2.58. The van der Waals surface area contributed by atoms with Gasteiger partial charge in [-0.2, -0.15) is 0 Å². The SMILES string of the molecule is Cc1ccc(NN)c(C(=O)NCCCC(C)C)c1. The first kappa shape index (κ1) is 14.5. The molecule has 0 aliphatic carbocycles. The number of carbonyl (C=O) groups excluding carboxylic acids is 1. The van der Waals surface area contributed by atoms with Crippen LogP contribution in [0.15, 0.2) is 18.2 Å². The molecule has 4 heteroatoms. The van der Waals surface area contributed by atoms with Gasteiger partial charge in [-0.25, -0.2) is 0 Å². The lowest BCUT2D eigenvalue weighted by Crippen LogP contribution is -2.26. The lowest BCUT2D eigenvalue weighted by molar-refractivity contribution is 0.0953. The van der Waals surface area contributed by atoms with E-state index in [0.717, 1.165) is 18.4 Å². The number of anilines is 1.